The molecule has 0 bridgehead atoms. The number of halogens is 1. The first-order valence-electron chi connectivity index (χ1n) is 6.26. The highest BCUT2D eigenvalue weighted by atomic mass is 35.5. The first-order chi connectivity index (χ1) is 8.72. The van der Waals surface area contributed by atoms with E-state index in [1.807, 2.05) is 44.2 Å². The van der Waals surface area contributed by atoms with Crippen molar-refractivity contribution in [1.82, 2.24) is 0 Å². The summed E-state index contributed by atoms with van der Waals surface area (Å²) in [6.45, 7) is 4.55. The smallest absolute Gasteiger partial charge is 0.131 e. The summed E-state index contributed by atoms with van der Waals surface area (Å²) in [5, 5.41) is 0. The highest BCUT2D eigenvalue weighted by Crippen LogP contribution is 2.33. The second kappa shape index (κ2) is 7.17. The molecule has 0 atom stereocenters. The van der Waals surface area contributed by atoms with Crippen molar-refractivity contribution in [3.8, 4) is 16.9 Å². The predicted molar refractivity (Wildman–Crippen MR) is 82.8 cm³/mol. The van der Waals surface area contributed by atoms with Crippen molar-refractivity contribution < 1.29 is 4.74 Å². The zero-order chi connectivity index (χ0) is 13.0. The molecule has 0 saturated carbocycles. The van der Waals surface area contributed by atoms with Gasteiger partial charge in [0.25, 0.3) is 0 Å². The van der Waals surface area contributed by atoms with Gasteiger partial charge < -0.3 is 10.5 Å². The molecule has 0 radical (unpaired) electrons. The molecule has 19 heavy (non-hydrogen) atoms. The van der Waals surface area contributed by atoms with E-state index in [1.54, 1.807) is 0 Å². The van der Waals surface area contributed by atoms with Crippen molar-refractivity contribution in [2.45, 2.75) is 26.5 Å². The average Bonchev–Trinajstić information content (AvgIpc) is 2.39. The molecule has 0 saturated heterocycles. The van der Waals surface area contributed by atoms with Crippen molar-refractivity contribution >= 4 is 12.4 Å². The largest absolute Gasteiger partial charge is 0.490 e. The van der Waals surface area contributed by atoms with Crippen molar-refractivity contribution in [3.05, 3.63) is 54.1 Å². The minimum absolute atomic E-state index is 0. The lowest BCUT2D eigenvalue weighted by Crippen LogP contribution is -2.10. The molecule has 2 aromatic rings. The molecule has 102 valence electrons. The molecule has 0 spiro atoms. The lowest BCUT2D eigenvalue weighted by molar-refractivity contribution is 0.241. The predicted octanol–water partition coefficient (Wildman–Crippen LogP) is 4.02. The fraction of sp³-hybridized carbons (Fsp3) is 0.250. The third-order valence-corrected chi connectivity index (χ3v) is 2.75. The Morgan fingerprint density at radius 3 is 2.26 bits per heavy atom. The van der Waals surface area contributed by atoms with E-state index < -0.39 is 0 Å². The summed E-state index contributed by atoms with van der Waals surface area (Å²) in [4.78, 5) is 0. The van der Waals surface area contributed by atoms with E-state index in [2.05, 4.69) is 18.2 Å². The fourth-order valence-electron chi connectivity index (χ4n) is 1.97. The van der Waals surface area contributed by atoms with Crippen LogP contribution in [0.5, 0.6) is 5.75 Å². The number of rotatable bonds is 4. The van der Waals surface area contributed by atoms with Gasteiger partial charge in [-0.15, -0.1) is 12.4 Å². The van der Waals surface area contributed by atoms with Gasteiger partial charge >= 0.3 is 0 Å². The second-order valence-corrected chi connectivity index (χ2v) is 4.53. The third-order valence-electron chi connectivity index (χ3n) is 2.75. The topological polar surface area (TPSA) is 35.2 Å². The first-order valence-corrected chi connectivity index (χ1v) is 6.26. The maximum absolute atomic E-state index is 5.94. The van der Waals surface area contributed by atoms with Crippen LogP contribution in [-0.4, -0.2) is 6.10 Å². The lowest BCUT2D eigenvalue weighted by Gasteiger charge is -2.17. The molecule has 0 unspecified atom stereocenters. The Morgan fingerprint density at radius 1 is 1.00 bits per heavy atom. The number of benzene rings is 2. The van der Waals surface area contributed by atoms with Crippen molar-refractivity contribution in [2.75, 3.05) is 0 Å². The van der Waals surface area contributed by atoms with E-state index in [-0.39, 0.29) is 18.5 Å². The van der Waals surface area contributed by atoms with Crippen LogP contribution in [0.25, 0.3) is 11.1 Å². The van der Waals surface area contributed by atoms with Gasteiger partial charge in [-0.3, -0.25) is 0 Å². The number of nitrogens with two attached hydrogens (primary N) is 1. The van der Waals surface area contributed by atoms with Gasteiger partial charge in [0.2, 0.25) is 0 Å². The molecule has 0 amide bonds. The molecule has 2 rings (SSSR count). The van der Waals surface area contributed by atoms with Crippen LogP contribution in [0.4, 0.5) is 0 Å². The van der Waals surface area contributed by atoms with Gasteiger partial charge in [-0.1, -0.05) is 48.5 Å². The maximum atomic E-state index is 5.94. The van der Waals surface area contributed by atoms with Crippen LogP contribution < -0.4 is 10.5 Å². The van der Waals surface area contributed by atoms with Crippen LogP contribution in [-0.2, 0) is 6.54 Å². The molecule has 2 N–H and O–H groups in total. The van der Waals surface area contributed by atoms with Gasteiger partial charge in [-0.25, -0.2) is 0 Å². The minimum atomic E-state index is 0. The zero-order valence-corrected chi connectivity index (χ0v) is 12.1. The number of ether oxygens (including phenoxy) is 1. The Hall–Kier alpha value is -1.51. The molecule has 2 nitrogen and oxygen atoms in total. The van der Waals surface area contributed by atoms with Crippen molar-refractivity contribution in [2.24, 2.45) is 5.73 Å². The van der Waals surface area contributed by atoms with Crippen molar-refractivity contribution in [1.29, 1.82) is 0 Å². The lowest BCUT2D eigenvalue weighted by atomic mass is 10.0. The first kappa shape index (κ1) is 15.5. The monoisotopic (exact) mass is 277 g/mol. The highest BCUT2D eigenvalue weighted by molar-refractivity contribution is 5.85. The fourth-order valence-corrected chi connectivity index (χ4v) is 1.97. The maximum Gasteiger partial charge on any atom is 0.131 e. The van der Waals surface area contributed by atoms with Crippen molar-refractivity contribution in [3.63, 3.8) is 0 Å². The Kier molecular flexibility index (Phi) is 5.87. The van der Waals surface area contributed by atoms with Crippen LogP contribution in [0.3, 0.4) is 0 Å². The summed E-state index contributed by atoms with van der Waals surface area (Å²) in [5.74, 6) is 0.904. The molecule has 0 aromatic heterocycles. The summed E-state index contributed by atoms with van der Waals surface area (Å²) >= 11 is 0. The molecule has 3 heteroatoms. The summed E-state index contributed by atoms with van der Waals surface area (Å²) in [5.41, 5.74) is 9.10. The summed E-state index contributed by atoms with van der Waals surface area (Å²) in [6.07, 6.45) is 0.139. The SMILES string of the molecule is CC(C)Oc1c(CN)cccc1-c1ccccc1.Cl. The molecule has 0 aliphatic heterocycles. The van der Waals surface area contributed by atoms with E-state index in [4.69, 9.17) is 10.5 Å². The van der Waals surface area contributed by atoms with E-state index >= 15 is 0 Å². The molecular formula is C16H20ClNO. The van der Waals surface area contributed by atoms with E-state index in [1.165, 1.54) is 0 Å². The Morgan fingerprint density at radius 2 is 1.68 bits per heavy atom. The Bertz CT molecular complexity index is 511. The number of para-hydroxylation sites is 1. The van der Waals surface area contributed by atoms with Gasteiger partial charge in [0, 0.05) is 17.7 Å². The normalized spacial score (nSPS) is 10.1. The molecule has 0 aliphatic carbocycles. The van der Waals surface area contributed by atoms with Gasteiger partial charge in [0.05, 0.1) is 6.10 Å². The third kappa shape index (κ3) is 3.72. The van der Waals surface area contributed by atoms with Gasteiger partial charge in [-0.2, -0.15) is 0 Å². The van der Waals surface area contributed by atoms with E-state index in [0.29, 0.717) is 6.54 Å². The van der Waals surface area contributed by atoms with Crippen LogP contribution in [0, 0.1) is 0 Å². The zero-order valence-electron chi connectivity index (χ0n) is 11.3. The Labute approximate surface area is 121 Å². The van der Waals surface area contributed by atoms with Gasteiger partial charge in [0.15, 0.2) is 0 Å². The summed E-state index contributed by atoms with van der Waals surface area (Å²) in [7, 11) is 0. The van der Waals surface area contributed by atoms with Crippen LogP contribution in [0.2, 0.25) is 0 Å². The number of hydrogen-bond acceptors (Lipinski definition) is 2. The molecular weight excluding hydrogens is 258 g/mol. The standard InChI is InChI=1S/C16H19NO.ClH/c1-12(2)18-16-14(11-17)9-6-10-15(16)13-7-4-3-5-8-13;/h3-10,12H,11,17H2,1-2H3;1H. The second-order valence-electron chi connectivity index (χ2n) is 4.53. The highest BCUT2D eigenvalue weighted by Gasteiger charge is 2.11. The van der Waals surface area contributed by atoms with Gasteiger partial charge in [-0.05, 0) is 19.4 Å². The van der Waals surface area contributed by atoms with E-state index in [9.17, 15) is 0 Å². The Balaban J connectivity index is 0.00000180. The summed E-state index contributed by atoms with van der Waals surface area (Å²) in [6, 6.07) is 16.4. The van der Waals surface area contributed by atoms with Crippen LogP contribution >= 0.6 is 12.4 Å². The molecule has 0 heterocycles. The van der Waals surface area contributed by atoms with Gasteiger partial charge in [0.1, 0.15) is 5.75 Å². The van der Waals surface area contributed by atoms with E-state index in [0.717, 1.165) is 22.4 Å². The average molecular weight is 278 g/mol. The molecule has 2 aromatic carbocycles. The molecule has 0 fully saturated rings. The molecule has 0 aliphatic rings. The van der Waals surface area contributed by atoms with Crippen LogP contribution in [0.1, 0.15) is 19.4 Å². The van der Waals surface area contributed by atoms with Crippen LogP contribution in [0.15, 0.2) is 48.5 Å². The number of hydrogen-bond donors (Lipinski definition) is 1. The minimum Gasteiger partial charge on any atom is -0.490 e. The quantitative estimate of drug-likeness (QED) is 0.916. The summed E-state index contributed by atoms with van der Waals surface area (Å²) < 4.78 is 5.94.